The van der Waals surface area contributed by atoms with Gasteiger partial charge in [-0.25, -0.2) is 4.79 Å². The van der Waals surface area contributed by atoms with Crippen LogP contribution in [0.25, 0.3) is 0 Å². The van der Waals surface area contributed by atoms with E-state index in [9.17, 15) is 9.59 Å². The first-order valence-electron chi connectivity index (χ1n) is 6.68. The van der Waals surface area contributed by atoms with Gasteiger partial charge < -0.3 is 10.6 Å². The molecule has 0 aliphatic carbocycles. The summed E-state index contributed by atoms with van der Waals surface area (Å²) in [6.07, 6.45) is 0. The lowest BCUT2D eigenvalue weighted by Crippen LogP contribution is -2.87. The molecule has 0 aliphatic rings. The van der Waals surface area contributed by atoms with Gasteiger partial charge in [0.2, 0.25) is 0 Å². The number of amides is 3. The molecule has 1 aromatic rings. The molecule has 116 valence electrons. The van der Waals surface area contributed by atoms with Crippen molar-refractivity contribution < 1.29 is 14.9 Å². The zero-order valence-corrected chi connectivity index (χ0v) is 13.8. The molecule has 5 nitrogen and oxygen atoms in total. The summed E-state index contributed by atoms with van der Waals surface area (Å²) < 4.78 is 0. The van der Waals surface area contributed by atoms with Gasteiger partial charge in [0.25, 0.3) is 5.91 Å². The Morgan fingerprint density at radius 3 is 2.48 bits per heavy atom. The Bertz CT molecular complexity index is 521. The SMILES string of the molecule is CC(C)NC(=O)NC(=O)C[NH2+][C@@H](C)c1ccc(Cl)cc1Cl. The molecule has 0 fully saturated rings. The van der Waals surface area contributed by atoms with Gasteiger partial charge in [-0.2, -0.15) is 0 Å². The molecule has 3 amide bonds. The van der Waals surface area contributed by atoms with E-state index in [0.29, 0.717) is 10.0 Å². The van der Waals surface area contributed by atoms with Crippen molar-refractivity contribution in [1.29, 1.82) is 0 Å². The Balaban J connectivity index is 2.47. The van der Waals surface area contributed by atoms with Crippen LogP contribution in [-0.4, -0.2) is 24.5 Å². The molecule has 21 heavy (non-hydrogen) atoms. The Morgan fingerprint density at radius 2 is 1.90 bits per heavy atom. The predicted molar refractivity (Wildman–Crippen MR) is 83.5 cm³/mol. The lowest BCUT2D eigenvalue weighted by atomic mass is 10.1. The highest BCUT2D eigenvalue weighted by atomic mass is 35.5. The summed E-state index contributed by atoms with van der Waals surface area (Å²) in [6.45, 7) is 5.70. The molecule has 0 saturated heterocycles. The van der Waals surface area contributed by atoms with Crippen LogP contribution in [0.4, 0.5) is 4.79 Å². The van der Waals surface area contributed by atoms with Crippen LogP contribution in [-0.2, 0) is 4.79 Å². The van der Waals surface area contributed by atoms with Gasteiger partial charge in [0, 0.05) is 16.6 Å². The largest absolute Gasteiger partial charge is 0.336 e. The third kappa shape index (κ3) is 6.33. The predicted octanol–water partition coefficient (Wildman–Crippen LogP) is 1.85. The topological polar surface area (TPSA) is 74.8 Å². The zero-order chi connectivity index (χ0) is 16.0. The molecule has 1 rings (SSSR count). The van der Waals surface area contributed by atoms with Crippen molar-refractivity contribution in [1.82, 2.24) is 10.6 Å². The monoisotopic (exact) mass is 332 g/mol. The summed E-state index contributed by atoms with van der Waals surface area (Å²) in [4.78, 5) is 23.0. The van der Waals surface area contributed by atoms with Gasteiger partial charge in [-0.15, -0.1) is 0 Å². The summed E-state index contributed by atoms with van der Waals surface area (Å²) >= 11 is 12.0. The Morgan fingerprint density at radius 1 is 1.24 bits per heavy atom. The van der Waals surface area contributed by atoms with E-state index in [4.69, 9.17) is 23.2 Å². The molecule has 0 spiro atoms. The van der Waals surface area contributed by atoms with Crippen molar-refractivity contribution in [3.8, 4) is 0 Å². The molecule has 1 atom stereocenters. The molecule has 0 unspecified atom stereocenters. The van der Waals surface area contributed by atoms with Crippen molar-refractivity contribution in [3.05, 3.63) is 33.8 Å². The van der Waals surface area contributed by atoms with Crippen LogP contribution in [0, 0.1) is 0 Å². The second-order valence-electron chi connectivity index (χ2n) is 5.07. The number of hydrogen-bond donors (Lipinski definition) is 3. The number of hydrogen-bond acceptors (Lipinski definition) is 2. The fourth-order valence-corrected chi connectivity index (χ4v) is 2.34. The smallest absolute Gasteiger partial charge is 0.321 e. The first-order chi connectivity index (χ1) is 9.79. The number of quaternary nitrogens is 1. The number of carbonyl (C=O) groups excluding carboxylic acids is 2. The lowest BCUT2D eigenvalue weighted by Gasteiger charge is -2.13. The van der Waals surface area contributed by atoms with E-state index in [-0.39, 0.29) is 24.5 Å². The van der Waals surface area contributed by atoms with Crippen molar-refractivity contribution in [2.75, 3.05) is 6.54 Å². The maximum atomic E-state index is 11.7. The fraction of sp³-hybridized carbons (Fsp3) is 0.429. The molecule has 1 aromatic carbocycles. The van der Waals surface area contributed by atoms with Gasteiger partial charge in [-0.3, -0.25) is 10.1 Å². The molecular weight excluding hydrogens is 313 g/mol. The number of nitrogens with two attached hydrogens (primary N) is 1. The van der Waals surface area contributed by atoms with E-state index in [1.165, 1.54) is 0 Å². The average Bonchev–Trinajstić information content (AvgIpc) is 2.34. The molecule has 0 aromatic heterocycles. The number of urea groups is 1. The van der Waals surface area contributed by atoms with Crippen LogP contribution in [0.1, 0.15) is 32.4 Å². The van der Waals surface area contributed by atoms with Crippen LogP contribution >= 0.6 is 23.2 Å². The third-order valence-electron chi connectivity index (χ3n) is 2.78. The van der Waals surface area contributed by atoms with Gasteiger partial charge >= 0.3 is 6.03 Å². The summed E-state index contributed by atoms with van der Waals surface area (Å²) in [5.41, 5.74) is 0.889. The standard InChI is InChI=1S/C14H19Cl2N3O2/c1-8(2)18-14(21)19-13(20)7-17-9(3)11-5-4-10(15)6-12(11)16/h4-6,8-9,17H,7H2,1-3H3,(H2,18,19,20,21)/p+1/t9-/m0/s1. The highest BCUT2D eigenvalue weighted by Gasteiger charge is 2.16. The minimum absolute atomic E-state index is 0.0197. The molecule has 0 radical (unpaired) electrons. The molecule has 0 bridgehead atoms. The lowest BCUT2D eigenvalue weighted by molar-refractivity contribution is -0.682. The normalized spacial score (nSPS) is 12.1. The number of imide groups is 1. The van der Waals surface area contributed by atoms with Crippen LogP contribution in [0.2, 0.25) is 10.0 Å². The van der Waals surface area contributed by atoms with Gasteiger partial charge in [-0.1, -0.05) is 29.3 Å². The summed E-state index contributed by atoms with van der Waals surface area (Å²) in [7, 11) is 0. The number of halogens is 2. The number of rotatable bonds is 5. The summed E-state index contributed by atoms with van der Waals surface area (Å²) in [5.74, 6) is -0.356. The van der Waals surface area contributed by atoms with Gasteiger partial charge in [0.1, 0.15) is 6.04 Å². The van der Waals surface area contributed by atoms with Crippen LogP contribution in [0.15, 0.2) is 18.2 Å². The van der Waals surface area contributed by atoms with Crippen LogP contribution in [0.5, 0.6) is 0 Å². The molecule has 0 aliphatic heterocycles. The van der Waals surface area contributed by atoms with E-state index in [1.807, 2.05) is 26.8 Å². The maximum absolute atomic E-state index is 11.7. The van der Waals surface area contributed by atoms with Crippen molar-refractivity contribution >= 4 is 35.1 Å². The Kier molecular flexibility index (Phi) is 6.95. The zero-order valence-electron chi connectivity index (χ0n) is 12.2. The van der Waals surface area contributed by atoms with Crippen molar-refractivity contribution in [2.45, 2.75) is 32.9 Å². The maximum Gasteiger partial charge on any atom is 0.321 e. The van der Waals surface area contributed by atoms with Crippen molar-refractivity contribution in [3.63, 3.8) is 0 Å². The van der Waals surface area contributed by atoms with Gasteiger partial charge in [0.05, 0.1) is 5.02 Å². The van der Waals surface area contributed by atoms with E-state index < -0.39 is 6.03 Å². The van der Waals surface area contributed by atoms with E-state index >= 15 is 0 Å². The summed E-state index contributed by atoms with van der Waals surface area (Å²) in [5, 5.41) is 7.78. The van der Waals surface area contributed by atoms with E-state index in [2.05, 4.69) is 10.6 Å². The van der Waals surface area contributed by atoms with E-state index in [1.54, 1.807) is 17.4 Å². The van der Waals surface area contributed by atoms with E-state index in [0.717, 1.165) is 5.56 Å². The molecule has 0 saturated carbocycles. The first kappa shape index (κ1) is 17.8. The van der Waals surface area contributed by atoms with Crippen LogP contribution < -0.4 is 16.0 Å². The molecular formula is C14H20Cl2N3O2+. The number of carbonyl (C=O) groups is 2. The first-order valence-corrected chi connectivity index (χ1v) is 7.43. The molecule has 4 N–H and O–H groups in total. The average molecular weight is 333 g/mol. The fourth-order valence-electron chi connectivity index (χ4n) is 1.76. The second-order valence-corrected chi connectivity index (χ2v) is 5.91. The molecule has 0 heterocycles. The van der Waals surface area contributed by atoms with Gasteiger partial charge in [0.15, 0.2) is 6.54 Å². The highest BCUT2D eigenvalue weighted by Crippen LogP contribution is 2.24. The summed E-state index contributed by atoms with van der Waals surface area (Å²) in [6, 6.07) is 4.72. The Labute approximate surface area is 134 Å². The third-order valence-corrected chi connectivity index (χ3v) is 3.35. The van der Waals surface area contributed by atoms with Gasteiger partial charge in [-0.05, 0) is 32.9 Å². The molecule has 7 heteroatoms. The quantitative estimate of drug-likeness (QED) is 0.769. The second kappa shape index (κ2) is 8.22. The Hall–Kier alpha value is -1.30. The number of nitrogens with one attached hydrogen (secondary N) is 2. The van der Waals surface area contributed by atoms with Crippen LogP contribution in [0.3, 0.4) is 0 Å². The highest BCUT2D eigenvalue weighted by molar-refractivity contribution is 6.35. The van der Waals surface area contributed by atoms with Crippen molar-refractivity contribution in [2.24, 2.45) is 0 Å². The minimum atomic E-state index is -0.486. The number of benzene rings is 1. The minimum Gasteiger partial charge on any atom is -0.336 e.